The molecule has 334 valence electrons. The molecule has 11 heteroatoms. The number of Topliss-reactive ketones (excluding diaryl/α,β-unsaturated/α-hetero) is 1. The number of aromatic hydroxyl groups is 1. The molecule has 4 N–H and O–H groups in total. The van der Waals surface area contributed by atoms with Crippen molar-refractivity contribution in [2.45, 2.75) is 77.9 Å². The van der Waals surface area contributed by atoms with Gasteiger partial charge in [-0.15, -0.1) is 0 Å². The molecule has 6 aromatic rings. The number of hydrogen-bond donors (Lipinski definition) is 4. The summed E-state index contributed by atoms with van der Waals surface area (Å²) in [6.45, 7) is 4.22. The molecule has 0 radical (unpaired) electrons. The Morgan fingerprint density at radius 3 is 2.33 bits per heavy atom. The molecule has 7 rings (SSSR count). The predicted molar refractivity (Wildman–Crippen MR) is 255 cm³/mol. The maximum Gasteiger partial charge on any atom is 0.411 e. The number of rotatable bonds is 17. The number of phenolic OH excluding ortho intramolecular Hbond substituents is 1. The number of pyridine rings is 1. The minimum Gasteiger partial charge on any atom is -0.506 e. The fraction of sp³-hybridized carbons (Fsp3) is 0.321. The molecule has 11 nitrogen and oxygen atoms in total. The number of aromatic nitrogens is 1. The highest BCUT2D eigenvalue weighted by molar-refractivity contribution is 5.98. The zero-order chi connectivity index (χ0) is 44.3. The van der Waals surface area contributed by atoms with Gasteiger partial charge in [0.15, 0.2) is 5.78 Å². The number of hydrogen-bond acceptors (Lipinski definition) is 8. The average molecular weight is 865 g/mol. The van der Waals surface area contributed by atoms with Crippen molar-refractivity contribution < 1.29 is 29.3 Å². The first-order valence-corrected chi connectivity index (χ1v) is 21.9. The number of ether oxygens (including phenoxy) is 1. The van der Waals surface area contributed by atoms with E-state index >= 15 is 0 Å². The number of ketones is 1. The minimum atomic E-state index is -0.741. The van der Waals surface area contributed by atoms with Gasteiger partial charge >= 0.3 is 6.09 Å². The van der Waals surface area contributed by atoms with Gasteiger partial charge in [-0.3, -0.25) is 19.7 Å². The number of likely N-dealkylation sites (tertiary alicyclic amines) is 1. The summed E-state index contributed by atoms with van der Waals surface area (Å²) in [4.78, 5) is 57.5. The Balaban J connectivity index is 0.00000680. The number of amides is 2. The lowest BCUT2D eigenvalue weighted by molar-refractivity contribution is -0.118. The Morgan fingerprint density at radius 2 is 1.56 bits per heavy atom. The second-order valence-electron chi connectivity index (χ2n) is 16.7. The second-order valence-corrected chi connectivity index (χ2v) is 16.7. The fourth-order valence-corrected chi connectivity index (χ4v) is 8.41. The topological polar surface area (TPSA) is 152 Å². The summed E-state index contributed by atoms with van der Waals surface area (Å²) in [6, 6.07) is 39.3. The fourth-order valence-electron chi connectivity index (χ4n) is 8.41. The molecule has 0 saturated carbocycles. The highest BCUT2D eigenvalue weighted by Crippen LogP contribution is 2.32. The lowest BCUT2D eigenvalue weighted by Crippen LogP contribution is -2.40. The molecule has 64 heavy (non-hydrogen) atoms. The molecule has 1 aliphatic heterocycles. The molecular weight excluding hydrogens is 805 g/mol. The molecule has 1 saturated heterocycles. The van der Waals surface area contributed by atoms with Gasteiger partial charge in [0.05, 0.1) is 17.3 Å². The number of aryl methyl sites for hydroxylation is 1. The molecule has 2 heterocycles. The van der Waals surface area contributed by atoms with Crippen molar-refractivity contribution in [3.05, 3.63) is 160 Å². The summed E-state index contributed by atoms with van der Waals surface area (Å²) < 4.78 is 5.78. The largest absolute Gasteiger partial charge is 0.506 e. The lowest BCUT2D eigenvalue weighted by Gasteiger charge is -2.31. The lowest BCUT2D eigenvalue weighted by atomic mass is 9.91. The summed E-state index contributed by atoms with van der Waals surface area (Å²) in [6.07, 6.45) is 3.43. The Bertz CT molecular complexity index is 2570. The average Bonchev–Trinajstić information content (AvgIpc) is 3.30. The van der Waals surface area contributed by atoms with Crippen LogP contribution in [0.2, 0.25) is 0 Å². The van der Waals surface area contributed by atoms with E-state index in [-0.39, 0.29) is 42.4 Å². The maximum absolute atomic E-state index is 13.2. The number of phenols is 1. The molecule has 0 unspecified atom stereocenters. The molecule has 1 aliphatic rings. The van der Waals surface area contributed by atoms with Crippen LogP contribution in [0.25, 0.3) is 22.0 Å². The van der Waals surface area contributed by atoms with Crippen LogP contribution in [0, 0.1) is 5.92 Å². The number of nitrogens with zero attached hydrogens (tertiary/aromatic N) is 2. The van der Waals surface area contributed by atoms with E-state index in [1.165, 1.54) is 17.7 Å². The van der Waals surface area contributed by atoms with Gasteiger partial charge in [0.2, 0.25) is 11.5 Å². The van der Waals surface area contributed by atoms with Gasteiger partial charge in [-0.1, -0.05) is 93.2 Å². The van der Waals surface area contributed by atoms with Gasteiger partial charge in [0.1, 0.15) is 11.9 Å². The number of carbonyl (C=O) groups excluding carboxylic acids is 3. The second kappa shape index (κ2) is 22.2. The number of para-hydroxylation sites is 1. The van der Waals surface area contributed by atoms with Crippen molar-refractivity contribution in [2.24, 2.45) is 5.92 Å². The third-order valence-corrected chi connectivity index (χ3v) is 12.1. The number of nitrogens with one attached hydrogen (secondary N) is 2. The summed E-state index contributed by atoms with van der Waals surface area (Å²) in [5.74, 6) is 0.284. The summed E-state index contributed by atoms with van der Waals surface area (Å²) in [5, 5.41) is 24.8. The number of piperidine rings is 1. The van der Waals surface area contributed by atoms with Crippen molar-refractivity contribution in [3.8, 4) is 16.9 Å². The Hall–Kier alpha value is -6.56. The first-order valence-electron chi connectivity index (χ1n) is 21.9. The van der Waals surface area contributed by atoms with Crippen molar-refractivity contribution >= 4 is 40.1 Å². The van der Waals surface area contributed by atoms with E-state index in [1.54, 1.807) is 36.2 Å². The number of benzene rings is 5. The van der Waals surface area contributed by atoms with Crippen molar-refractivity contribution in [3.63, 3.8) is 0 Å². The molecule has 5 aromatic carbocycles. The Kier molecular flexibility index (Phi) is 16.3. The summed E-state index contributed by atoms with van der Waals surface area (Å²) in [7, 11) is 1.76. The normalized spacial score (nSPS) is 14.0. The van der Waals surface area contributed by atoms with Crippen LogP contribution < -0.4 is 15.8 Å². The molecule has 2 atom stereocenters. The first-order chi connectivity index (χ1) is 30.5. The van der Waals surface area contributed by atoms with Crippen LogP contribution in [0.5, 0.6) is 5.75 Å². The van der Waals surface area contributed by atoms with E-state index in [9.17, 15) is 29.4 Å². The Labute approximate surface area is 375 Å². The smallest absolute Gasteiger partial charge is 0.411 e. The molecule has 1 aromatic heterocycles. The van der Waals surface area contributed by atoms with Crippen LogP contribution in [0.4, 0.5) is 16.2 Å². The molecule has 2 amide bonds. The van der Waals surface area contributed by atoms with Crippen LogP contribution in [0.3, 0.4) is 0 Å². The van der Waals surface area contributed by atoms with Crippen LogP contribution in [-0.2, 0) is 22.4 Å². The number of fused-ring (bicyclic) bond motifs is 1. The third kappa shape index (κ3) is 12.3. The molecule has 0 bridgehead atoms. The van der Waals surface area contributed by atoms with E-state index in [0.29, 0.717) is 72.8 Å². The van der Waals surface area contributed by atoms with Crippen LogP contribution >= 0.6 is 0 Å². The van der Waals surface area contributed by atoms with Gasteiger partial charge in [-0.25, -0.2) is 4.79 Å². The summed E-state index contributed by atoms with van der Waals surface area (Å²) in [5.41, 5.74) is 6.92. The number of aliphatic hydroxyl groups excluding tert-OH is 1. The zero-order valence-electron chi connectivity index (χ0n) is 36.0. The number of H-pyrrole nitrogens is 1. The minimum absolute atomic E-state index is 0. The van der Waals surface area contributed by atoms with Crippen LogP contribution in [-0.4, -0.2) is 70.7 Å². The monoisotopic (exact) mass is 864 g/mol. The van der Waals surface area contributed by atoms with E-state index in [2.05, 4.69) is 34.3 Å². The zero-order valence-corrected chi connectivity index (χ0v) is 36.0. The predicted octanol–water partition coefficient (Wildman–Crippen LogP) is 10.1. The number of anilines is 2. The molecule has 1 fully saturated rings. The standard InChI is InChI=1S/C52H56N4O7.CH4/c1-35(15-23-47(58)43-21-25-48(59)51-44(43)22-26-49(60)54-51)33-37-10-8-9-36(34-37)16-24-46(57)39-17-19-40(20-18-39)55(2)50(61)29-32-56-30-27-41(28-31-56)63-52(62)53-45-14-7-6-13-42(45)38-11-4-3-5-12-38;/h3-14,17-22,25-26,34-35,41,47,58-59H,15-16,23-24,27-33H2,1-2H3,(H,53,62)(H,54,60);1H4/t35-,47+;/m1./s1. The van der Waals surface area contributed by atoms with E-state index in [1.807, 2.05) is 78.9 Å². The van der Waals surface area contributed by atoms with Crippen molar-refractivity contribution in [1.29, 1.82) is 0 Å². The van der Waals surface area contributed by atoms with E-state index in [0.717, 1.165) is 48.3 Å². The van der Waals surface area contributed by atoms with Crippen LogP contribution in [0.15, 0.2) is 132 Å². The van der Waals surface area contributed by atoms with Gasteiger partial charge in [0, 0.05) is 67.8 Å². The van der Waals surface area contributed by atoms with Crippen molar-refractivity contribution in [2.75, 3.05) is 36.9 Å². The van der Waals surface area contributed by atoms with Gasteiger partial charge in [0.25, 0.3) is 0 Å². The van der Waals surface area contributed by atoms with Gasteiger partial charge in [-0.2, -0.15) is 0 Å². The first kappa shape index (κ1) is 46.9. The highest BCUT2D eigenvalue weighted by atomic mass is 16.6. The quantitative estimate of drug-likeness (QED) is 0.0662. The van der Waals surface area contributed by atoms with Gasteiger partial charge in [-0.05, 0) is 109 Å². The molecule has 0 spiro atoms. The van der Waals surface area contributed by atoms with Crippen LogP contribution in [0.1, 0.15) is 86.0 Å². The SMILES string of the molecule is C.C[C@H](CC[C@H](O)c1ccc(O)c2[nH]c(=O)ccc12)Cc1cccc(CCC(=O)c2ccc(N(C)C(=O)CCN3CCC(OC(=O)Nc4ccccc4-c4ccccc4)CC3)cc2)c1. The Morgan fingerprint density at radius 1 is 0.844 bits per heavy atom. The van der Waals surface area contributed by atoms with Crippen molar-refractivity contribution in [1.82, 2.24) is 9.88 Å². The van der Waals surface area contributed by atoms with E-state index in [4.69, 9.17) is 4.74 Å². The number of aromatic amines is 1. The third-order valence-electron chi connectivity index (χ3n) is 12.1. The maximum atomic E-state index is 13.2. The number of aliphatic hydroxyl groups is 1. The summed E-state index contributed by atoms with van der Waals surface area (Å²) >= 11 is 0. The molecular formula is C53H60N4O7. The number of carbonyl (C=O) groups is 3. The van der Waals surface area contributed by atoms with Gasteiger partial charge < -0.3 is 29.7 Å². The highest BCUT2D eigenvalue weighted by Gasteiger charge is 2.24. The van der Waals surface area contributed by atoms with E-state index < -0.39 is 12.2 Å². The molecule has 0 aliphatic carbocycles.